The number of methoxy groups -OCH3 is 1. The van der Waals surface area contributed by atoms with Crippen LogP contribution in [0.1, 0.15) is 21.5 Å². The number of anilines is 1. The van der Waals surface area contributed by atoms with E-state index in [1.54, 1.807) is 18.2 Å². The molecule has 28 heavy (non-hydrogen) atoms. The number of carbonyl (C=O) groups is 1. The van der Waals surface area contributed by atoms with E-state index in [1.165, 1.54) is 0 Å². The number of hydrogen-bond acceptors (Lipinski definition) is 2. The van der Waals surface area contributed by atoms with Gasteiger partial charge in [-0.05, 0) is 40.8 Å². The number of nitrogens with one attached hydrogen (secondary N) is 1. The lowest BCUT2D eigenvalue weighted by Gasteiger charge is -2.12. The monoisotopic (exact) mass is 387 g/mol. The van der Waals surface area contributed by atoms with Crippen molar-refractivity contribution in [2.75, 3.05) is 12.4 Å². The highest BCUT2D eigenvalue weighted by Crippen LogP contribution is 2.38. The van der Waals surface area contributed by atoms with E-state index in [-0.39, 0.29) is 5.69 Å². The average Bonchev–Trinajstić information content (AvgIpc) is 3.05. The predicted molar refractivity (Wildman–Crippen MR) is 95.5 cm³/mol. The molecule has 142 valence electrons. The molecule has 1 amide bonds. The van der Waals surface area contributed by atoms with Gasteiger partial charge in [-0.2, -0.15) is 8.78 Å². The Morgan fingerprint density at radius 2 is 1.54 bits per heavy atom. The predicted octanol–water partition coefficient (Wildman–Crippen LogP) is 5.08. The van der Waals surface area contributed by atoms with Gasteiger partial charge in [0.1, 0.15) is 5.56 Å². The van der Waals surface area contributed by atoms with Gasteiger partial charge < -0.3 is 10.1 Å². The zero-order valence-corrected chi connectivity index (χ0v) is 14.6. The van der Waals surface area contributed by atoms with E-state index in [0.717, 1.165) is 29.4 Å². The fraction of sp³-hybridized carbons (Fsp3) is 0.0952. The molecule has 3 nitrogen and oxygen atoms in total. The molecule has 3 aromatic rings. The van der Waals surface area contributed by atoms with Crippen molar-refractivity contribution in [2.24, 2.45) is 0 Å². The van der Waals surface area contributed by atoms with Gasteiger partial charge in [-0.3, -0.25) is 4.79 Å². The number of ether oxygens (including phenoxy) is 1. The van der Waals surface area contributed by atoms with Crippen LogP contribution in [0.4, 0.5) is 23.2 Å². The molecule has 1 aliphatic rings. The Morgan fingerprint density at radius 3 is 2.21 bits per heavy atom. The zero-order chi connectivity index (χ0) is 20.0. The molecule has 3 aromatic carbocycles. The van der Waals surface area contributed by atoms with Crippen LogP contribution in [0.2, 0.25) is 0 Å². The molecule has 0 radical (unpaired) electrons. The number of rotatable bonds is 3. The summed E-state index contributed by atoms with van der Waals surface area (Å²) in [5.74, 6) is -9.69. The Balaban J connectivity index is 1.67. The van der Waals surface area contributed by atoms with Crippen molar-refractivity contribution in [1.82, 2.24) is 0 Å². The smallest absolute Gasteiger partial charge is 0.261 e. The summed E-state index contributed by atoms with van der Waals surface area (Å²) < 4.78 is 60.2. The first-order valence-electron chi connectivity index (χ1n) is 8.34. The van der Waals surface area contributed by atoms with Crippen molar-refractivity contribution in [3.05, 3.63) is 82.4 Å². The van der Waals surface area contributed by atoms with Gasteiger partial charge in [-0.1, -0.05) is 30.3 Å². The number of carbonyl (C=O) groups excluding carboxylic acids is 1. The van der Waals surface area contributed by atoms with E-state index in [1.807, 2.05) is 24.3 Å². The molecule has 0 unspecified atom stereocenters. The Labute approximate surface area is 157 Å². The van der Waals surface area contributed by atoms with E-state index in [4.69, 9.17) is 0 Å². The van der Waals surface area contributed by atoms with Crippen molar-refractivity contribution in [3.8, 4) is 16.9 Å². The van der Waals surface area contributed by atoms with Crippen LogP contribution in [0.25, 0.3) is 11.1 Å². The molecule has 0 atom stereocenters. The largest absolute Gasteiger partial charge is 0.491 e. The Hall–Kier alpha value is -3.35. The maximum atomic E-state index is 14.1. The molecule has 7 heteroatoms. The lowest BCUT2D eigenvalue weighted by molar-refractivity contribution is 0.101. The maximum absolute atomic E-state index is 14.1. The Morgan fingerprint density at radius 1 is 0.893 bits per heavy atom. The molecule has 0 aliphatic heterocycles. The lowest BCUT2D eigenvalue weighted by Crippen LogP contribution is -2.19. The van der Waals surface area contributed by atoms with E-state index in [2.05, 4.69) is 10.1 Å². The van der Waals surface area contributed by atoms with E-state index >= 15 is 0 Å². The summed E-state index contributed by atoms with van der Waals surface area (Å²) in [6.07, 6.45) is 0.643. The van der Waals surface area contributed by atoms with Crippen molar-refractivity contribution in [1.29, 1.82) is 0 Å². The van der Waals surface area contributed by atoms with Crippen LogP contribution < -0.4 is 10.1 Å². The normalized spacial score (nSPS) is 11.8. The van der Waals surface area contributed by atoms with E-state index in [0.29, 0.717) is 6.42 Å². The summed E-state index contributed by atoms with van der Waals surface area (Å²) in [6, 6.07) is 12.8. The van der Waals surface area contributed by atoms with Crippen LogP contribution in [0.3, 0.4) is 0 Å². The van der Waals surface area contributed by atoms with Gasteiger partial charge in [0.05, 0.1) is 7.11 Å². The van der Waals surface area contributed by atoms with Crippen molar-refractivity contribution in [2.45, 2.75) is 6.42 Å². The molecule has 0 bridgehead atoms. The highest BCUT2D eigenvalue weighted by Gasteiger charge is 2.30. The summed E-state index contributed by atoms with van der Waals surface area (Å²) in [6.45, 7) is 0. The van der Waals surface area contributed by atoms with Gasteiger partial charge in [0.2, 0.25) is 11.6 Å². The Bertz CT molecular complexity index is 1100. The number of fused-ring (bicyclic) bond motifs is 3. The third kappa shape index (κ3) is 2.70. The topological polar surface area (TPSA) is 38.3 Å². The van der Waals surface area contributed by atoms with Gasteiger partial charge >= 0.3 is 0 Å². The molecule has 0 saturated carbocycles. The average molecular weight is 387 g/mol. The van der Waals surface area contributed by atoms with Crippen molar-refractivity contribution < 1.29 is 27.1 Å². The first-order valence-corrected chi connectivity index (χ1v) is 8.34. The first kappa shape index (κ1) is 18.0. The molecular formula is C21H13F4NO2. The van der Waals surface area contributed by atoms with Crippen molar-refractivity contribution in [3.63, 3.8) is 0 Å². The molecule has 4 rings (SSSR count). The molecule has 0 saturated heterocycles. The molecule has 0 spiro atoms. The second kappa shape index (κ2) is 6.67. The maximum Gasteiger partial charge on any atom is 0.261 e. The summed E-state index contributed by atoms with van der Waals surface area (Å²) >= 11 is 0. The molecule has 0 aromatic heterocycles. The second-order valence-electron chi connectivity index (χ2n) is 6.32. The highest BCUT2D eigenvalue weighted by molar-refractivity contribution is 6.05. The Kier molecular flexibility index (Phi) is 4.30. The molecular weight excluding hydrogens is 374 g/mol. The number of halogens is 4. The minimum atomic E-state index is -1.82. The number of amides is 1. The van der Waals surface area contributed by atoms with E-state index in [9.17, 15) is 22.4 Å². The standard InChI is InChI=1S/C21H13F4NO2/c1-28-20-18(24)16(22)15(17(23)19(20)25)21(27)26-12-6-7-14-11(9-12)8-10-4-2-3-5-13(10)14/h2-7,9H,8H2,1H3,(H,26,27). The van der Waals surface area contributed by atoms with Crippen LogP contribution in [0.15, 0.2) is 42.5 Å². The third-order valence-electron chi connectivity index (χ3n) is 4.71. The number of hydrogen-bond donors (Lipinski definition) is 1. The lowest BCUT2D eigenvalue weighted by atomic mass is 10.1. The highest BCUT2D eigenvalue weighted by atomic mass is 19.2. The van der Waals surface area contributed by atoms with Crippen molar-refractivity contribution >= 4 is 11.6 Å². The zero-order valence-electron chi connectivity index (χ0n) is 14.6. The fourth-order valence-corrected chi connectivity index (χ4v) is 3.41. The van der Waals surface area contributed by atoms with Gasteiger partial charge in [0.15, 0.2) is 17.4 Å². The fourth-order valence-electron chi connectivity index (χ4n) is 3.41. The summed E-state index contributed by atoms with van der Waals surface area (Å²) in [5.41, 5.74) is 3.02. The summed E-state index contributed by atoms with van der Waals surface area (Å²) in [5, 5.41) is 2.30. The SMILES string of the molecule is COc1c(F)c(F)c(C(=O)Nc2ccc3c(c2)Cc2ccccc2-3)c(F)c1F. The van der Waals surface area contributed by atoms with Crippen LogP contribution >= 0.6 is 0 Å². The summed E-state index contributed by atoms with van der Waals surface area (Å²) in [7, 11) is 0.864. The third-order valence-corrected chi connectivity index (χ3v) is 4.71. The van der Waals surface area contributed by atoms with Gasteiger partial charge in [0, 0.05) is 5.69 Å². The van der Waals surface area contributed by atoms with E-state index < -0.39 is 40.5 Å². The minimum absolute atomic E-state index is 0.256. The second-order valence-corrected chi connectivity index (χ2v) is 6.32. The molecule has 1 aliphatic carbocycles. The molecule has 0 heterocycles. The van der Waals surface area contributed by atoms with Gasteiger partial charge in [0.25, 0.3) is 5.91 Å². The minimum Gasteiger partial charge on any atom is -0.491 e. The van der Waals surface area contributed by atoms with Crippen LogP contribution in [-0.2, 0) is 6.42 Å². The molecule has 0 fully saturated rings. The molecule has 1 N–H and O–H groups in total. The van der Waals surface area contributed by atoms with Gasteiger partial charge in [-0.25, -0.2) is 8.78 Å². The summed E-state index contributed by atoms with van der Waals surface area (Å²) in [4.78, 5) is 12.3. The van der Waals surface area contributed by atoms with Crippen LogP contribution in [0.5, 0.6) is 5.75 Å². The quantitative estimate of drug-likeness (QED) is 0.394. The van der Waals surface area contributed by atoms with Crippen LogP contribution in [0, 0.1) is 23.3 Å². The van der Waals surface area contributed by atoms with Gasteiger partial charge in [-0.15, -0.1) is 0 Å². The van der Waals surface area contributed by atoms with Crippen LogP contribution in [-0.4, -0.2) is 13.0 Å². The first-order chi connectivity index (χ1) is 13.4. The number of benzene rings is 3.